The van der Waals surface area contributed by atoms with E-state index < -0.39 is 27.3 Å². The molecule has 0 aromatic heterocycles. The standard InChI is InChI=1S/C16H30O7S.Na/c1-3-5-7-12-22-15(17)11-9-10-14(24(19,20)21)16(18)23-13-8-6-4-2;/h14H,3-13H2,1-2H3,(H,19,20,21);. The molecule has 0 aliphatic heterocycles. The second kappa shape index (κ2) is 16.1. The van der Waals surface area contributed by atoms with Crippen LogP contribution in [0.2, 0.25) is 0 Å². The molecule has 1 radical (unpaired) electrons. The third kappa shape index (κ3) is 14.7. The van der Waals surface area contributed by atoms with Crippen LogP contribution in [-0.4, -0.2) is 72.9 Å². The molecule has 0 amide bonds. The first-order chi connectivity index (χ1) is 11.3. The van der Waals surface area contributed by atoms with Gasteiger partial charge in [0.25, 0.3) is 10.1 Å². The van der Waals surface area contributed by atoms with Crippen molar-refractivity contribution in [3.05, 3.63) is 0 Å². The van der Waals surface area contributed by atoms with Gasteiger partial charge in [-0.1, -0.05) is 39.5 Å². The van der Waals surface area contributed by atoms with Crippen molar-refractivity contribution in [2.24, 2.45) is 0 Å². The van der Waals surface area contributed by atoms with Crippen molar-refractivity contribution in [3.63, 3.8) is 0 Å². The molecule has 1 N–H and O–H groups in total. The summed E-state index contributed by atoms with van der Waals surface area (Å²) in [5.74, 6) is -1.40. The van der Waals surface area contributed by atoms with E-state index in [0.717, 1.165) is 32.1 Å². The second-order valence-electron chi connectivity index (χ2n) is 5.70. The van der Waals surface area contributed by atoms with Crippen LogP contribution >= 0.6 is 0 Å². The zero-order valence-corrected chi connectivity index (χ0v) is 18.5. The number of carbonyl (C=O) groups excluding carboxylic acids is 2. The fourth-order valence-electron chi connectivity index (χ4n) is 2.05. The maximum atomic E-state index is 11.8. The van der Waals surface area contributed by atoms with E-state index in [0.29, 0.717) is 13.0 Å². The molecule has 9 heteroatoms. The van der Waals surface area contributed by atoms with Crippen LogP contribution in [0, 0.1) is 0 Å². The summed E-state index contributed by atoms with van der Waals surface area (Å²) in [4.78, 5) is 23.3. The smallest absolute Gasteiger partial charge is 0.326 e. The van der Waals surface area contributed by atoms with Crippen LogP contribution in [0.1, 0.15) is 71.6 Å². The molecular formula is C16H30NaO7S. The van der Waals surface area contributed by atoms with Gasteiger partial charge in [0.1, 0.15) is 0 Å². The Bertz CT molecular complexity index is 465. The van der Waals surface area contributed by atoms with Gasteiger partial charge in [-0.15, -0.1) is 0 Å². The molecule has 0 aliphatic carbocycles. The van der Waals surface area contributed by atoms with E-state index in [2.05, 4.69) is 0 Å². The van der Waals surface area contributed by atoms with Crippen molar-refractivity contribution in [1.82, 2.24) is 0 Å². The van der Waals surface area contributed by atoms with Crippen molar-refractivity contribution in [2.45, 2.75) is 76.9 Å². The van der Waals surface area contributed by atoms with Crippen LogP contribution in [0.3, 0.4) is 0 Å². The summed E-state index contributed by atoms with van der Waals surface area (Å²) in [6, 6.07) is 0. The fraction of sp³-hybridized carbons (Fsp3) is 0.875. The average molecular weight is 389 g/mol. The monoisotopic (exact) mass is 389 g/mol. The van der Waals surface area contributed by atoms with Crippen molar-refractivity contribution < 1.29 is 32.0 Å². The first-order valence-corrected chi connectivity index (χ1v) is 10.1. The van der Waals surface area contributed by atoms with Gasteiger partial charge >= 0.3 is 11.9 Å². The van der Waals surface area contributed by atoms with E-state index in [1.165, 1.54) is 0 Å². The van der Waals surface area contributed by atoms with Crippen molar-refractivity contribution in [1.29, 1.82) is 0 Å². The summed E-state index contributed by atoms with van der Waals surface area (Å²) >= 11 is 0. The number of ether oxygens (including phenoxy) is 2. The molecule has 7 nitrogen and oxygen atoms in total. The Balaban J connectivity index is 0. The SMILES string of the molecule is CCCCCOC(=O)CCCC(C(=O)OCCCCC)S(=O)(=O)O.[Na]. The minimum absolute atomic E-state index is 0. The summed E-state index contributed by atoms with van der Waals surface area (Å²) in [5, 5.41) is -1.65. The molecule has 0 spiro atoms. The van der Waals surface area contributed by atoms with Gasteiger partial charge in [-0.25, -0.2) is 0 Å². The second-order valence-corrected chi connectivity index (χ2v) is 7.30. The van der Waals surface area contributed by atoms with Gasteiger partial charge in [-0.3, -0.25) is 14.1 Å². The van der Waals surface area contributed by atoms with Gasteiger partial charge in [-0.05, 0) is 25.7 Å². The molecule has 0 aromatic carbocycles. The summed E-state index contributed by atoms with van der Waals surface area (Å²) in [5.41, 5.74) is 0. The van der Waals surface area contributed by atoms with E-state index in [1.807, 2.05) is 13.8 Å². The molecule has 1 atom stereocenters. The van der Waals surface area contributed by atoms with Gasteiger partial charge in [0.15, 0.2) is 5.25 Å². The Morgan fingerprint density at radius 3 is 1.92 bits per heavy atom. The van der Waals surface area contributed by atoms with Crippen LogP contribution in [0.25, 0.3) is 0 Å². The minimum atomic E-state index is -4.56. The summed E-state index contributed by atoms with van der Waals surface area (Å²) in [6.07, 6.45) is 5.20. The molecule has 0 saturated heterocycles. The molecule has 0 saturated carbocycles. The molecule has 0 bridgehead atoms. The zero-order valence-electron chi connectivity index (χ0n) is 15.7. The molecule has 0 heterocycles. The molecule has 0 fully saturated rings. The molecule has 0 aliphatic rings. The quantitative estimate of drug-likeness (QED) is 0.210. The summed E-state index contributed by atoms with van der Waals surface area (Å²) in [6.45, 7) is 4.49. The number of hydrogen-bond donors (Lipinski definition) is 1. The first kappa shape index (κ1) is 27.1. The van der Waals surface area contributed by atoms with Gasteiger partial charge in [0.2, 0.25) is 0 Å². The topological polar surface area (TPSA) is 107 Å². The van der Waals surface area contributed by atoms with Crippen LogP contribution in [0.5, 0.6) is 0 Å². The van der Waals surface area contributed by atoms with E-state index in [4.69, 9.17) is 9.47 Å². The predicted octanol–water partition coefficient (Wildman–Crippen LogP) is 2.50. The average Bonchev–Trinajstić information content (AvgIpc) is 2.51. The molecule has 0 rings (SSSR count). The normalized spacial score (nSPS) is 12.1. The molecular weight excluding hydrogens is 359 g/mol. The van der Waals surface area contributed by atoms with Gasteiger partial charge in [0.05, 0.1) is 13.2 Å². The minimum Gasteiger partial charge on any atom is -0.466 e. The Morgan fingerprint density at radius 2 is 1.44 bits per heavy atom. The molecule has 143 valence electrons. The number of carbonyl (C=O) groups is 2. The Hall–Kier alpha value is -0.150. The summed E-state index contributed by atoms with van der Waals surface area (Å²) in [7, 11) is -4.56. The number of hydrogen-bond acceptors (Lipinski definition) is 6. The molecule has 0 aromatic rings. The fourth-order valence-corrected chi connectivity index (χ4v) is 2.82. The van der Waals surface area contributed by atoms with Gasteiger partial charge in [-0.2, -0.15) is 8.42 Å². The largest absolute Gasteiger partial charge is 0.466 e. The number of rotatable bonds is 14. The Labute approximate surface area is 173 Å². The zero-order chi connectivity index (χ0) is 18.4. The number of unbranched alkanes of at least 4 members (excludes halogenated alkanes) is 4. The molecule has 1 unspecified atom stereocenters. The maximum absolute atomic E-state index is 11.8. The Morgan fingerprint density at radius 1 is 0.920 bits per heavy atom. The van der Waals surface area contributed by atoms with Crippen LogP contribution in [-0.2, 0) is 29.2 Å². The van der Waals surface area contributed by atoms with Crippen molar-refractivity contribution in [2.75, 3.05) is 13.2 Å². The van der Waals surface area contributed by atoms with Crippen molar-refractivity contribution in [3.8, 4) is 0 Å². The van der Waals surface area contributed by atoms with Gasteiger partial charge in [0, 0.05) is 36.0 Å². The first-order valence-electron chi connectivity index (χ1n) is 8.61. The summed E-state index contributed by atoms with van der Waals surface area (Å²) < 4.78 is 41.7. The van der Waals surface area contributed by atoms with Crippen LogP contribution in [0.4, 0.5) is 0 Å². The third-order valence-electron chi connectivity index (χ3n) is 3.47. The third-order valence-corrected chi connectivity index (χ3v) is 4.62. The molecule has 25 heavy (non-hydrogen) atoms. The maximum Gasteiger partial charge on any atom is 0.326 e. The van der Waals surface area contributed by atoms with Crippen LogP contribution < -0.4 is 0 Å². The van der Waals surface area contributed by atoms with E-state index in [1.54, 1.807) is 0 Å². The Kier molecular flexibility index (Phi) is 17.4. The van der Waals surface area contributed by atoms with E-state index in [9.17, 15) is 22.6 Å². The van der Waals surface area contributed by atoms with E-state index >= 15 is 0 Å². The van der Waals surface area contributed by atoms with Crippen LogP contribution in [0.15, 0.2) is 0 Å². The predicted molar refractivity (Wildman–Crippen MR) is 95.9 cm³/mol. The number of esters is 2. The van der Waals surface area contributed by atoms with Gasteiger partial charge < -0.3 is 9.47 Å². The van der Waals surface area contributed by atoms with E-state index in [-0.39, 0.29) is 55.4 Å². The van der Waals surface area contributed by atoms with Crippen molar-refractivity contribution >= 4 is 51.6 Å².